The molecule has 1 fully saturated rings. The third-order valence-corrected chi connectivity index (χ3v) is 6.91. The number of piperidine rings is 1. The molecule has 27 heavy (non-hydrogen) atoms. The summed E-state index contributed by atoms with van der Waals surface area (Å²) in [6.07, 6.45) is 1.71. The standard InChI is InChI=1S/C22H21NO3S/c1-25-17-6-7-19-16(12-17)13-20(27-19)21(24)23-10-8-22(9-11-23)18-5-3-2-4-15(18)14-26-22/h2-7,12-13H,8-11,14H2,1H3. The predicted molar refractivity (Wildman–Crippen MR) is 106 cm³/mol. The number of hydrogen-bond acceptors (Lipinski definition) is 4. The fourth-order valence-corrected chi connectivity index (χ4v) is 5.29. The summed E-state index contributed by atoms with van der Waals surface area (Å²) in [5.74, 6) is 0.938. The van der Waals surface area contributed by atoms with Gasteiger partial charge in [0.1, 0.15) is 5.75 Å². The van der Waals surface area contributed by atoms with Crippen molar-refractivity contribution < 1.29 is 14.3 Å². The Kier molecular flexibility index (Phi) is 3.95. The Labute approximate surface area is 162 Å². The average Bonchev–Trinajstić information content (AvgIpc) is 3.30. The van der Waals surface area contributed by atoms with Gasteiger partial charge in [0.25, 0.3) is 5.91 Å². The second-order valence-corrected chi connectivity index (χ2v) is 8.33. The molecule has 2 aliphatic rings. The number of nitrogens with zero attached hydrogens (tertiary/aromatic N) is 1. The van der Waals surface area contributed by atoms with Crippen LogP contribution < -0.4 is 4.74 Å². The molecule has 1 aromatic heterocycles. The van der Waals surface area contributed by atoms with Crippen molar-refractivity contribution >= 4 is 27.3 Å². The molecule has 4 nitrogen and oxygen atoms in total. The highest BCUT2D eigenvalue weighted by Crippen LogP contribution is 2.44. The number of carbonyl (C=O) groups is 1. The van der Waals surface area contributed by atoms with Gasteiger partial charge < -0.3 is 14.4 Å². The highest BCUT2D eigenvalue weighted by atomic mass is 32.1. The molecule has 0 unspecified atom stereocenters. The predicted octanol–water partition coefficient (Wildman–Crippen LogP) is 4.57. The first-order chi connectivity index (χ1) is 13.2. The zero-order valence-electron chi connectivity index (χ0n) is 15.2. The Balaban J connectivity index is 1.35. The first-order valence-electron chi connectivity index (χ1n) is 9.28. The highest BCUT2D eigenvalue weighted by molar-refractivity contribution is 7.20. The Morgan fingerprint density at radius 2 is 1.96 bits per heavy atom. The Bertz CT molecular complexity index is 1020. The van der Waals surface area contributed by atoms with E-state index in [9.17, 15) is 4.79 Å². The van der Waals surface area contributed by atoms with Crippen LogP contribution in [0.2, 0.25) is 0 Å². The van der Waals surface area contributed by atoms with Crippen molar-refractivity contribution in [3.8, 4) is 5.75 Å². The monoisotopic (exact) mass is 379 g/mol. The van der Waals surface area contributed by atoms with Gasteiger partial charge in [-0.25, -0.2) is 0 Å². The van der Waals surface area contributed by atoms with Crippen LogP contribution in [-0.4, -0.2) is 31.0 Å². The second-order valence-electron chi connectivity index (χ2n) is 7.25. The molecule has 5 heteroatoms. The van der Waals surface area contributed by atoms with E-state index in [1.807, 2.05) is 29.2 Å². The number of thiophene rings is 1. The van der Waals surface area contributed by atoms with Crippen LogP contribution in [0, 0.1) is 0 Å². The number of methoxy groups -OCH3 is 1. The van der Waals surface area contributed by atoms with E-state index in [2.05, 4.69) is 24.3 Å². The molecule has 3 heterocycles. The van der Waals surface area contributed by atoms with Gasteiger partial charge in [-0.3, -0.25) is 4.79 Å². The maximum absolute atomic E-state index is 13.0. The number of likely N-dealkylation sites (tertiary alicyclic amines) is 1. The van der Waals surface area contributed by atoms with E-state index >= 15 is 0 Å². The van der Waals surface area contributed by atoms with Crippen LogP contribution in [0.1, 0.15) is 33.6 Å². The molecule has 1 amide bonds. The minimum Gasteiger partial charge on any atom is -0.497 e. The van der Waals surface area contributed by atoms with Gasteiger partial charge in [-0.15, -0.1) is 11.3 Å². The summed E-state index contributed by atoms with van der Waals surface area (Å²) in [6, 6.07) is 16.4. The van der Waals surface area contributed by atoms with Crippen molar-refractivity contribution in [1.82, 2.24) is 4.90 Å². The molecule has 2 aromatic carbocycles. The molecule has 0 N–H and O–H groups in total. The Morgan fingerprint density at radius 3 is 2.78 bits per heavy atom. The van der Waals surface area contributed by atoms with Gasteiger partial charge in [0.15, 0.2) is 0 Å². The van der Waals surface area contributed by atoms with Crippen LogP contribution in [0.5, 0.6) is 5.75 Å². The van der Waals surface area contributed by atoms with Crippen molar-refractivity contribution in [2.75, 3.05) is 20.2 Å². The van der Waals surface area contributed by atoms with Crippen LogP contribution >= 0.6 is 11.3 Å². The SMILES string of the molecule is COc1ccc2sc(C(=O)N3CCC4(CC3)OCc3ccccc34)cc2c1. The molecule has 1 spiro atoms. The van der Waals surface area contributed by atoms with Crippen molar-refractivity contribution in [1.29, 1.82) is 0 Å². The van der Waals surface area contributed by atoms with E-state index in [1.54, 1.807) is 18.4 Å². The molecule has 0 saturated carbocycles. The molecule has 138 valence electrons. The molecule has 2 aliphatic heterocycles. The second kappa shape index (κ2) is 6.36. The van der Waals surface area contributed by atoms with Gasteiger partial charge in [-0.1, -0.05) is 24.3 Å². The number of hydrogen-bond donors (Lipinski definition) is 0. The smallest absolute Gasteiger partial charge is 0.263 e. The average molecular weight is 379 g/mol. The molecule has 5 rings (SSSR count). The molecular formula is C22H21NO3S. The molecule has 0 atom stereocenters. The maximum atomic E-state index is 13.0. The topological polar surface area (TPSA) is 38.8 Å². The molecule has 1 saturated heterocycles. The summed E-state index contributed by atoms with van der Waals surface area (Å²) < 4.78 is 12.6. The largest absolute Gasteiger partial charge is 0.497 e. The number of fused-ring (bicyclic) bond motifs is 3. The van der Waals surface area contributed by atoms with E-state index in [0.29, 0.717) is 6.61 Å². The van der Waals surface area contributed by atoms with Gasteiger partial charge in [0.2, 0.25) is 0 Å². The third kappa shape index (κ3) is 2.73. The van der Waals surface area contributed by atoms with Crippen molar-refractivity contribution in [2.45, 2.75) is 25.0 Å². The third-order valence-electron chi connectivity index (χ3n) is 5.80. The fraction of sp³-hybridized carbons (Fsp3) is 0.318. The quantitative estimate of drug-likeness (QED) is 0.655. The van der Waals surface area contributed by atoms with Crippen LogP contribution in [0.15, 0.2) is 48.5 Å². The first-order valence-corrected chi connectivity index (χ1v) is 10.1. The summed E-state index contributed by atoms with van der Waals surface area (Å²) in [4.78, 5) is 15.8. The fourth-order valence-electron chi connectivity index (χ4n) is 4.28. The molecule has 0 radical (unpaired) electrons. The lowest BCUT2D eigenvalue weighted by atomic mass is 9.84. The van der Waals surface area contributed by atoms with Gasteiger partial charge in [0.05, 0.1) is 24.2 Å². The van der Waals surface area contributed by atoms with Gasteiger partial charge in [0, 0.05) is 17.8 Å². The minimum atomic E-state index is -0.207. The van der Waals surface area contributed by atoms with Crippen LogP contribution in [-0.2, 0) is 16.9 Å². The summed E-state index contributed by atoms with van der Waals surface area (Å²) in [6.45, 7) is 2.14. The number of ether oxygens (including phenoxy) is 2. The lowest BCUT2D eigenvalue weighted by Gasteiger charge is -2.39. The molecular weight excluding hydrogens is 358 g/mol. The first kappa shape index (κ1) is 16.8. The van der Waals surface area contributed by atoms with E-state index < -0.39 is 0 Å². The van der Waals surface area contributed by atoms with E-state index in [-0.39, 0.29) is 11.5 Å². The summed E-state index contributed by atoms with van der Waals surface area (Å²) >= 11 is 1.55. The molecule has 0 bridgehead atoms. The highest BCUT2D eigenvalue weighted by Gasteiger charge is 2.43. The maximum Gasteiger partial charge on any atom is 0.263 e. The lowest BCUT2D eigenvalue weighted by Crippen LogP contribution is -2.44. The zero-order valence-corrected chi connectivity index (χ0v) is 16.1. The van der Waals surface area contributed by atoms with Crippen molar-refractivity contribution in [2.24, 2.45) is 0 Å². The summed E-state index contributed by atoms with van der Waals surface area (Å²) in [5, 5.41) is 1.06. The number of benzene rings is 2. The van der Waals surface area contributed by atoms with Gasteiger partial charge in [-0.05, 0) is 53.6 Å². The van der Waals surface area contributed by atoms with E-state index in [0.717, 1.165) is 46.6 Å². The van der Waals surface area contributed by atoms with E-state index in [1.165, 1.54) is 11.1 Å². The zero-order chi connectivity index (χ0) is 18.4. The van der Waals surface area contributed by atoms with Crippen LogP contribution in [0.3, 0.4) is 0 Å². The Morgan fingerprint density at radius 1 is 1.15 bits per heavy atom. The van der Waals surface area contributed by atoms with Crippen molar-refractivity contribution in [3.63, 3.8) is 0 Å². The lowest BCUT2D eigenvalue weighted by molar-refractivity contribution is -0.0741. The van der Waals surface area contributed by atoms with Crippen molar-refractivity contribution in [3.05, 3.63) is 64.5 Å². The number of rotatable bonds is 2. The number of amides is 1. The van der Waals surface area contributed by atoms with Gasteiger partial charge in [-0.2, -0.15) is 0 Å². The molecule has 3 aromatic rings. The minimum absolute atomic E-state index is 0.122. The van der Waals surface area contributed by atoms with E-state index in [4.69, 9.17) is 9.47 Å². The Hall–Kier alpha value is -2.37. The summed E-state index contributed by atoms with van der Waals surface area (Å²) in [5.41, 5.74) is 2.39. The summed E-state index contributed by atoms with van der Waals surface area (Å²) in [7, 11) is 1.66. The van der Waals surface area contributed by atoms with Crippen LogP contribution in [0.4, 0.5) is 0 Å². The van der Waals surface area contributed by atoms with Crippen LogP contribution in [0.25, 0.3) is 10.1 Å². The molecule has 0 aliphatic carbocycles. The normalized spacial score (nSPS) is 18.0. The van der Waals surface area contributed by atoms with Gasteiger partial charge >= 0.3 is 0 Å². The number of carbonyl (C=O) groups excluding carboxylic acids is 1.